The monoisotopic (exact) mass is 283 g/mol. The zero-order chi connectivity index (χ0) is 15.1. The minimum atomic E-state index is -0.288. The van der Waals surface area contributed by atoms with Gasteiger partial charge in [-0.3, -0.25) is 4.79 Å². The first-order valence-electron chi connectivity index (χ1n) is 6.29. The van der Waals surface area contributed by atoms with Gasteiger partial charge in [-0.15, -0.1) is 0 Å². The smallest absolute Gasteiger partial charge is 0.255 e. The molecule has 1 unspecified atom stereocenters. The number of nitrogens with one attached hydrogen (secondary N) is 1. The fourth-order valence-electron chi connectivity index (χ4n) is 1.85. The van der Waals surface area contributed by atoms with Crippen molar-refractivity contribution in [2.24, 2.45) is 0 Å². The number of carbonyl (C=O) groups excluding carboxylic acids is 1. The number of ether oxygens (including phenoxy) is 3. The lowest BCUT2D eigenvalue weighted by atomic mass is 10.1. The molecule has 0 aliphatic rings. The maximum atomic E-state index is 12.2. The number of aliphatic hydroxyl groups excluding tert-OH is 1. The van der Waals surface area contributed by atoms with Gasteiger partial charge in [0.2, 0.25) is 5.75 Å². The van der Waals surface area contributed by atoms with Gasteiger partial charge in [-0.25, -0.2) is 0 Å². The quantitative estimate of drug-likeness (QED) is 0.786. The minimum Gasteiger partial charge on any atom is -0.493 e. The predicted octanol–water partition coefficient (Wildman–Crippen LogP) is 1.21. The number of benzene rings is 1. The highest BCUT2D eigenvalue weighted by Gasteiger charge is 2.21. The summed E-state index contributed by atoms with van der Waals surface area (Å²) in [6, 6.07) is 3.12. The Morgan fingerprint density at radius 2 is 1.85 bits per heavy atom. The summed E-state index contributed by atoms with van der Waals surface area (Å²) >= 11 is 0. The van der Waals surface area contributed by atoms with Crippen LogP contribution in [0.25, 0.3) is 0 Å². The number of amides is 1. The first kappa shape index (κ1) is 16.1. The molecular formula is C14H21NO5. The SMILES string of the molecule is COc1ccc(C(=O)NC(C)CCO)c(OC)c1OC. The lowest BCUT2D eigenvalue weighted by Crippen LogP contribution is -2.33. The molecule has 0 saturated heterocycles. The van der Waals surface area contributed by atoms with E-state index in [9.17, 15) is 4.79 Å². The molecule has 2 N–H and O–H groups in total. The van der Waals surface area contributed by atoms with Crippen LogP contribution < -0.4 is 19.5 Å². The third-order valence-corrected chi connectivity index (χ3v) is 2.89. The zero-order valence-corrected chi connectivity index (χ0v) is 12.2. The molecule has 112 valence electrons. The Morgan fingerprint density at radius 3 is 2.35 bits per heavy atom. The van der Waals surface area contributed by atoms with Gasteiger partial charge >= 0.3 is 0 Å². The summed E-state index contributed by atoms with van der Waals surface area (Å²) < 4.78 is 15.7. The molecule has 0 aliphatic carbocycles. The van der Waals surface area contributed by atoms with Crippen LogP contribution in [0.5, 0.6) is 17.2 Å². The summed E-state index contributed by atoms with van der Waals surface area (Å²) in [4.78, 5) is 12.2. The maximum absolute atomic E-state index is 12.2. The molecule has 0 aromatic heterocycles. The van der Waals surface area contributed by atoms with E-state index in [0.717, 1.165) is 0 Å². The highest BCUT2D eigenvalue weighted by atomic mass is 16.5. The van der Waals surface area contributed by atoms with E-state index in [-0.39, 0.29) is 18.6 Å². The van der Waals surface area contributed by atoms with Gasteiger partial charge in [-0.1, -0.05) is 0 Å². The van der Waals surface area contributed by atoms with Crippen LogP contribution in [0.3, 0.4) is 0 Å². The van der Waals surface area contributed by atoms with E-state index in [0.29, 0.717) is 29.2 Å². The molecule has 1 amide bonds. The first-order valence-corrected chi connectivity index (χ1v) is 6.29. The Balaban J connectivity index is 3.08. The van der Waals surface area contributed by atoms with Crippen molar-refractivity contribution < 1.29 is 24.1 Å². The van der Waals surface area contributed by atoms with Crippen LogP contribution in [-0.4, -0.2) is 45.0 Å². The van der Waals surface area contributed by atoms with Crippen LogP contribution in [0.1, 0.15) is 23.7 Å². The van der Waals surface area contributed by atoms with Crippen molar-refractivity contribution in [1.29, 1.82) is 0 Å². The number of hydrogen-bond acceptors (Lipinski definition) is 5. The Hall–Kier alpha value is -1.95. The van der Waals surface area contributed by atoms with E-state index < -0.39 is 0 Å². The summed E-state index contributed by atoms with van der Waals surface area (Å²) in [5.74, 6) is 0.895. The van der Waals surface area contributed by atoms with Crippen molar-refractivity contribution in [3.05, 3.63) is 17.7 Å². The molecule has 1 aromatic rings. The van der Waals surface area contributed by atoms with Crippen molar-refractivity contribution in [2.75, 3.05) is 27.9 Å². The Kier molecular flexibility index (Phi) is 6.11. The van der Waals surface area contributed by atoms with E-state index in [2.05, 4.69) is 5.32 Å². The van der Waals surface area contributed by atoms with Crippen LogP contribution >= 0.6 is 0 Å². The van der Waals surface area contributed by atoms with Crippen LogP contribution in [-0.2, 0) is 0 Å². The molecule has 1 rings (SSSR count). The van der Waals surface area contributed by atoms with Crippen LogP contribution in [0.15, 0.2) is 12.1 Å². The van der Waals surface area contributed by atoms with Gasteiger partial charge in [-0.2, -0.15) is 0 Å². The Labute approximate surface area is 118 Å². The van der Waals surface area contributed by atoms with Crippen molar-refractivity contribution in [2.45, 2.75) is 19.4 Å². The second-order valence-corrected chi connectivity index (χ2v) is 4.27. The number of aliphatic hydroxyl groups is 1. The van der Waals surface area contributed by atoms with Gasteiger partial charge in [0.15, 0.2) is 11.5 Å². The fourth-order valence-corrected chi connectivity index (χ4v) is 1.85. The first-order chi connectivity index (χ1) is 9.58. The summed E-state index contributed by atoms with van der Waals surface area (Å²) in [6.07, 6.45) is 0.487. The van der Waals surface area contributed by atoms with Crippen molar-refractivity contribution >= 4 is 5.91 Å². The third-order valence-electron chi connectivity index (χ3n) is 2.89. The van der Waals surface area contributed by atoms with Crippen molar-refractivity contribution in [3.8, 4) is 17.2 Å². The number of methoxy groups -OCH3 is 3. The molecule has 0 saturated carbocycles. The van der Waals surface area contributed by atoms with Gasteiger partial charge in [0.1, 0.15) is 0 Å². The maximum Gasteiger partial charge on any atom is 0.255 e. The second-order valence-electron chi connectivity index (χ2n) is 4.27. The third kappa shape index (κ3) is 3.54. The van der Waals surface area contributed by atoms with E-state index in [4.69, 9.17) is 19.3 Å². The van der Waals surface area contributed by atoms with E-state index in [1.165, 1.54) is 21.3 Å². The van der Waals surface area contributed by atoms with E-state index in [1.54, 1.807) is 12.1 Å². The van der Waals surface area contributed by atoms with E-state index in [1.807, 2.05) is 6.92 Å². The summed E-state index contributed by atoms with van der Waals surface area (Å²) in [6.45, 7) is 1.84. The molecule has 20 heavy (non-hydrogen) atoms. The molecule has 0 fully saturated rings. The van der Waals surface area contributed by atoms with Crippen LogP contribution in [0.4, 0.5) is 0 Å². The Bertz CT molecular complexity index is 461. The van der Waals surface area contributed by atoms with Gasteiger partial charge in [0.05, 0.1) is 26.9 Å². The summed E-state index contributed by atoms with van der Waals surface area (Å²) in [5.41, 5.74) is 0.356. The van der Waals surface area contributed by atoms with Gasteiger partial charge in [0.25, 0.3) is 5.91 Å². The fraction of sp³-hybridized carbons (Fsp3) is 0.500. The largest absolute Gasteiger partial charge is 0.493 e. The topological polar surface area (TPSA) is 77.0 Å². The highest BCUT2D eigenvalue weighted by molar-refractivity contribution is 5.98. The molecule has 0 radical (unpaired) electrons. The molecule has 0 spiro atoms. The average molecular weight is 283 g/mol. The van der Waals surface area contributed by atoms with Crippen molar-refractivity contribution in [3.63, 3.8) is 0 Å². The molecule has 0 bridgehead atoms. The molecular weight excluding hydrogens is 262 g/mol. The lowest BCUT2D eigenvalue weighted by Gasteiger charge is -2.17. The molecule has 6 nitrogen and oxygen atoms in total. The minimum absolute atomic E-state index is 0.0184. The molecule has 1 aromatic carbocycles. The van der Waals surface area contributed by atoms with Gasteiger partial charge in [-0.05, 0) is 25.5 Å². The highest BCUT2D eigenvalue weighted by Crippen LogP contribution is 2.39. The lowest BCUT2D eigenvalue weighted by molar-refractivity contribution is 0.0930. The van der Waals surface area contributed by atoms with Gasteiger partial charge < -0.3 is 24.6 Å². The molecule has 6 heteroatoms. The second kappa shape index (κ2) is 7.59. The zero-order valence-electron chi connectivity index (χ0n) is 12.2. The van der Waals surface area contributed by atoms with Gasteiger partial charge in [0, 0.05) is 12.6 Å². The normalized spacial score (nSPS) is 11.7. The number of hydrogen-bond donors (Lipinski definition) is 2. The number of carbonyl (C=O) groups is 1. The van der Waals surface area contributed by atoms with Crippen molar-refractivity contribution in [1.82, 2.24) is 5.32 Å². The summed E-state index contributed by atoms with van der Waals surface area (Å²) in [5, 5.41) is 11.6. The summed E-state index contributed by atoms with van der Waals surface area (Å²) in [7, 11) is 4.46. The molecule has 1 atom stereocenters. The van der Waals surface area contributed by atoms with E-state index >= 15 is 0 Å². The average Bonchev–Trinajstić information content (AvgIpc) is 2.45. The predicted molar refractivity (Wildman–Crippen MR) is 74.7 cm³/mol. The molecule has 0 heterocycles. The standard InChI is InChI=1S/C14H21NO5/c1-9(7-8-16)15-14(17)10-5-6-11(18-2)13(20-4)12(10)19-3/h5-6,9,16H,7-8H2,1-4H3,(H,15,17). The molecule has 0 aliphatic heterocycles. The Morgan fingerprint density at radius 1 is 1.20 bits per heavy atom. The van der Waals surface area contributed by atoms with Crippen LogP contribution in [0, 0.1) is 0 Å². The van der Waals surface area contributed by atoms with Crippen LogP contribution in [0.2, 0.25) is 0 Å². The number of rotatable bonds is 7.